The van der Waals surface area contributed by atoms with E-state index in [9.17, 15) is 0 Å². The standard InChI is InChI=1S/C8H19N3/c1-6(2)7(3)5-11(4)8(9)10/h6-7H,5H2,1-4H3,(H3,9,10). The zero-order valence-electron chi connectivity index (χ0n) is 7.89. The van der Waals surface area contributed by atoms with Crippen LogP contribution in [0.15, 0.2) is 0 Å². The second kappa shape index (κ2) is 4.21. The van der Waals surface area contributed by atoms with Gasteiger partial charge in [-0.3, -0.25) is 5.41 Å². The molecule has 0 aliphatic heterocycles. The molecule has 0 radical (unpaired) electrons. The van der Waals surface area contributed by atoms with Crippen LogP contribution >= 0.6 is 0 Å². The Morgan fingerprint density at radius 3 is 2.18 bits per heavy atom. The van der Waals surface area contributed by atoms with Gasteiger partial charge in [0.15, 0.2) is 5.96 Å². The van der Waals surface area contributed by atoms with Gasteiger partial charge in [0.05, 0.1) is 0 Å². The first-order chi connectivity index (χ1) is 4.95. The van der Waals surface area contributed by atoms with E-state index < -0.39 is 0 Å². The molecule has 0 bridgehead atoms. The summed E-state index contributed by atoms with van der Waals surface area (Å²) in [4.78, 5) is 1.77. The summed E-state index contributed by atoms with van der Waals surface area (Å²) >= 11 is 0. The Balaban J connectivity index is 3.75. The molecule has 0 saturated heterocycles. The normalized spacial score (nSPS) is 13.2. The topological polar surface area (TPSA) is 53.1 Å². The molecule has 11 heavy (non-hydrogen) atoms. The van der Waals surface area contributed by atoms with Gasteiger partial charge in [-0.25, -0.2) is 0 Å². The average Bonchev–Trinajstić information content (AvgIpc) is 1.87. The molecule has 1 unspecified atom stereocenters. The third-order valence-corrected chi connectivity index (χ3v) is 2.11. The molecule has 0 aromatic heterocycles. The fourth-order valence-corrected chi connectivity index (χ4v) is 0.741. The molecule has 0 saturated carbocycles. The zero-order valence-corrected chi connectivity index (χ0v) is 7.89. The summed E-state index contributed by atoms with van der Waals surface area (Å²) in [6, 6.07) is 0. The Bertz CT molecular complexity index is 131. The minimum Gasteiger partial charge on any atom is -0.370 e. The van der Waals surface area contributed by atoms with Gasteiger partial charge in [0.2, 0.25) is 0 Å². The van der Waals surface area contributed by atoms with E-state index in [0.717, 1.165) is 6.54 Å². The summed E-state index contributed by atoms with van der Waals surface area (Å²) < 4.78 is 0. The summed E-state index contributed by atoms with van der Waals surface area (Å²) in [5.74, 6) is 1.39. The van der Waals surface area contributed by atoms with Crippen molar-refractivity contribution in [2.24, 2.45) is 17.6 Å². The molecule has 0 fully saturated rings. The van der Waals surface area contributed by atoms with E-state index in [1.54, 1.807) is 4.90 Å². The van der Waals surface area contributed by atoms with Gasteiger partial charge in [-0.1, -0.05) is 20.8 Å². The van der Waals surface area contributed by atoms with Crippen LogP contribution < -0.4 is 5.73 Å². The van der Waals surface area contributed by atoms with Gasteiger partial charge in [-0.05, 0) is 11.8 Å². The maximum Gasteiger partial charge on any atom is 0.188 e. The van der Waals surface area contributed by atoms with Crippen LogP contribution in [0.1, 0.15) is 20.8 Å². The Hall–Kier alpha value is -0.730. The molecule has 66 valence electrons. The fourth-order valence-electron chi connectivity index (χ4n) is 0.741. The third-order valence-electron chi connectivity index (χ3n) is 2.11. The molecule has 3 heteroatoms. The molecule has 0 amide bonds. The van der Waals surface area contributed by atoms with Crippen molar-refractivity contribution in [1.82, 2.24) is 4.90 Å². The van der Waals surface area contributed by atoms with Crippen molar-refractivity contribution in [2.75, 3.05) is 13.6 Å². The van der Waals surface area contributed by atoms with E-state index in [1.807, 2.05) is 7.05 Å². The number of rotatable bonds is 3. The molecular formula is C8H19N3. The maximum atomic E-state index is 7.14. The predicted octanol–water partition coefficient (Wildman–Crippen LogP) is 1.10. The average molecular weight is 157 g/mol. The lowest BCUT2D eigenvalue weighted by molar-refractivity contribution is 0.326. The first-order valence-electron chi connectivity index (χ1n) is 4.00. The highest BCUT2D eigenvalue weighted by Gasteiger charge is 2.10. The lowest BCUT2D eigenvalue weighted by Crippen LogP contribution is -2.36. The van der Waals surface area contributed by atoms with Crippen LogP contribution in [-0.2, 0) is 0 Å². The molecular weight excluding hydrogens is 138 g/mol. The second-order valence-electron chi connectivity index (χ2n) is 3.49. The molecule has 0 spiro atoms. The van der Waals surface area contributed by atoms with Crippen molar-refractivity contribution in [3.8, 4) is 0 Å². The number of nitrogens with one attached hydrogen (secondary N) is 1. The summed E-state index contributed by atoms with van der Waals surface area (Å²) in [6.45, 7) is 7.40. The number of nitrogens with zero attached hydrogens (tertiary/aromatic N) is 1. The van der Waals surface area contributed by atoms with E-state index >= 15 is 0 Å². The van der Waals surface area contributed by atoms with Crippen LogP contribution in [0.3, 0.4) is 0 Å². The Labute approximate surface area is 69.1 Å². The number of hydrogen-bond acceptors (Lipinski definition) is 1. The summed E-state index contributed by atoms with van der Waals surface area (Å²) in [7, 11) is 1.85. The molecule has 0 heterocycles. The molecule has 3 nitrogen and oxygen atoms in total. The SMILES string of the molecule is CC(C)C(C)CN(C)C(=N)N. The quantitative estimate of drug-likeness (QED) is 0.476. The molecule has 0 aromatic rings. The monoisotopic (exact) mass is 157 g/mol. The maximum absolute atomic E-state index is 7.14. The van der Waals surface area contributed by atoms with Crippen LogP contribution in [0, 0.1) is 17.2 Å². The van der Waals surface area contributed by atoms with Crippen molar-refractivity contribution >= 4 is 5.96 Å². The van der Waals surface area contributed by atoms with Gasteiger partial charge in [0.1, 0.15) is 0 Å². The zero-order chi connectivity index (χ0) is 9.02. The summed E-state index contributed by atoms with van der Waals surface area (Å²) in [5, 5.41) is 7.14. The minimum atomic E-state index is 0.150. The summed E-state index contributed by atoms with van der Waals surface area (Å²) in [6.07, 6.45) is 0. The van der Waals surface area contributed by atoms with Crippen molar-refractivity contribution < 1.29 is 0 Å². The number of nitrogens with two attached hydrogens (primary N) is 1. The van der Waals surface area contributed by atoms with E-state index in [4.69, 9.17) is 11.1 Å². The van der Waals surface area contributed by atoms with Crippen LogP contribution in [-0.4, -0.2) is 24.5 Å². The van der Waals surface area contributed by atoms with Crippen LogP contribution in [0.25, 0.3) is 0 Å². The fraction of sp³-hybridized carbons (Fsp3) is 0.875. The van der Waals surface area contributed by atoms with Crippen LogP contribution in [0.2, 0.25) is 0 Å². The lowest BCUT2D eigenvalue weighted by atomic mass is 9.98. The number of guanidine groups is 1. The minimum absolute atomic E-state index is 0.150. The molecule has 1 atom stereocenters. The van der Waals surface area contributed by atoms with Gasteiger partial charge in [-0.2, -0.15) is 0 Å². The van der Waals surface area contributed by atoms with Gasteiger partial charge in [0, 0.05) is 13.6 Å². The third kappa shape index (κ3) is 3.86. The van der Waals surface area contributed by atoms with Crippen molar-refractivity contribution in [3.63, 3.8) is 0 Å². The second-order valence-corrected chi connectivity index (χ2v) is 3.49. The van der Waals surface area contributed by atoms with E-state index in [-0.39, 0.29) is 5.96 Å². The van der Waals surface area contributed by atoms with Gasteiger partial charge >= 0.3 is 0 Å². The first-order valence-corrected chi connectivity index (χ1v) is 4.00. The summed E-state index contributed by atoms with van der Waals surface area (Å²) in [5.41, 5.74) is 5.29. The molecule has 0 aliphatic rings. The van der Waals surface area contributed by atoms with Crippen LogP contribution in [0.4, 0.5) is 0 Å². The molecule has 0 aliphatic carbocycles. The Kier molecular flexibility index (Phi) is 3.93. The molecule has 3 N–H and O–H groups in total. The highest BCUT2D eigenvalue weighted by molar-refractivity contribution is 5.74. The number of hydrogen-bond donors (Lipinski definition) is 2. The van der Waals surface area contributed by atoms with Crippen molar-refractivity contribution in [3.05, 3.63) is 0 Å². The van der Waals surface area contributed by atoms with E-state index in [2.05, 4.69) is 20.8 Å². The van der Waals surface area contributed by atoms with Gasteiger partial charge < -0.3 is 10.6 Å². The van der Waals surface area contributed by atoms with E-state index in [0.29, 0.717) is 11.8 Å². The van der Waals surface area contributed by atoms with Crippen LogP contribution in [0.5, 0.6) is 0 Å². The molecule has 0 rings (SSSR count). The van der Waals surface area contributed by atoms with E-state index in [1.165, 1.54) is 0 Å². The predicted molar refractivity (Wildman–Crippen MR) is 48.5 cm³/mol. The molecule has 0 aromatic carbocycles. The Morgan fingerprint density at radius 2 is 1.91 bits per heavy atom. The lowest BCUT2D eigenvalue weighted by Gasteiger charge is -2.23. The van der Waals surface area contributed by atoms with Gasteiger partial charge in [-0.15, -0.1) is 0 Å². The highest BCUT2D eigenvalue weighted by atomic mass is 15.2. The Morgan fingerprint density at radius 1 is 1.45 bits per heavy atom. The van der Waals surface area contributed by atoms with Crippen molar-refractivity contribution in [1.29, 1.82) is 5.41 Å². The first kappa shape index (κ1) is 10.3. The highest BCUT2D eigenvalue weighted by Crippen LogP contribution is 2.09. The van der Waals surface area contributed by atoms with Gasteiger partial charge in [0.25, 0.3) is 0 Å². The largest absolute Gasteiger partial charge is 0.370 e. The van der Waals surface area contributed by atoms with Crippen molar-refractivity contribution in [2.45, 2.75) is 20.8 Å². The smallest absolute Gasteiger partial charge is 0.188 e.